The summed E-state index contributed by atoms with van der Waals surface area (Å²) in [5.74, 6) is -0.246. The van der Waals surface area contributed by atoms with Gasteiger partial charge in [-0.3, -0.25) is 9.80 Å². The molecule has 0 radical (unpaired) electrons. The second kappa shape index (κ2) is 11.7. The molecular weight excluding hydrogens is 523 g/mol. The number of allylic oxidation sites excluding steroid dienone is 2. The zero-order valence-electron chi connectivity index (χ0n) is 22.6. The molecule has 2 fully saturated rings. The predicted octanol–water partition coefficient (Wildman–Crippen LogP) is 5.37. The normalized spacial score (nSPS) is 21.0. The van der Waals surface area contributed by atoms with Crippen molar-refractivity contribution in [2.24, 2.45) is 0 Å². The highest BCUT2D eigenvalue weighted by molar-refractivity contribution is 5.70. The van der Waals surface area contributed by atoms with Crippen molar-refractivity contribution in [3.05, 3.63) is 60.1 Å². The molecule has 0 unspecified atom stereocenters. The van der Waals surface area contributed by atoms with Crippen molar-refractivity contribution in [1.29, 1.82) is 0 Å². The number of amides is 1. The number of benzene rings is 1. The number of alkyl halides is 3. The van der Waals surface area contributed by atoms with Gasteiger partial charge in [-0.2, -0.15) is 18.2 Å². The van der Waals surface area contributed by atoms with Crippen molar-refractivity contribution in [2.45, 2.75) is 50.9 Å². The number of ether oxygens (including phenoxy) is 1. The number of hydrogen-bond acceptors (Lipinski definition) is 8. The standard InChI is InChI=1S/C28H34F3N7O2/c1-3-19-15-20(38-17-21-7-8-22(18-38)36(21)2)9-10-24(19)34-26-33-16-23(28(29,30)31)25(35-26)32-11-6-13-37-12-4-5-14-40-27(37)39/h4-5,9-10,12,14-16,21-22H,3,6-8,11,13,17-18H2,1-2H3,(H2,32,33,34,35)/t21-,22+. The Labute approximate surface area is 231 Å². The molecule has 1 amide bonds. The number of halogens is 3. The number of hydrogen-bond donors (Lipinski definition) is 2. The maximum Gasteiger partial charge on any atom is 0.421 e. The first-order chi connectivity index (χ1) is 19.2. The van der Waals surface area contributed by atoms with Crippen LogP contribution in [0.3, 0.4) is 0 Å². The number of nitrogens with one attached hydrogen (secondary N) is 2. The van der Waals surface area contributed by atoms with E-state index in [-0.39, 0.29) is 24.9 Å². The van der Waals surface area contributed by atoms with Crippen LogP contribution in [0.15, 0.2) is 49.0 Å². The summed E-state index contributed by atoms with van der Waals surface area (Å²) in [5.41, 5.74) is 2.00. The number of nitrogens with zero attached hydrogens (tertiary/aromatic N) is 5. The fourth-order valence-corrected chi connectivity index (χ4v) is 5.47. The number of fused-ring (bicyclic) bond motifs is 2. The van der Waals surface area contributed by atoms with E-state index in [1.54, 1.807) is 18.4 Å². The molecule has 5 rings (SSSR count). The van der Waals surface area contributed by atoms with Crippen LogP contribution in [-0.2, 0) is 17.3 Å². The lowest BCUT2D eigenvalue weighted by molar-refractivity contribution is -0.137. The lowest BCUT2D eigenvalue weighted by Gasteiger charge is -2.40. The first kappa shape index (κ1) is 27.8. The summed E-state index contributed by atoms with van der Waals surface area (Å²) in [4.78, 5) is 26.3. The summed E-state index contributed by atoms with van der Waals surface area (Å²) >= 11 is 0. The van der Waals surface area contributed by atoms with E-state index in [0.29, 0.717) is 18.5 Å². The van der Waals surface area contributed by atoms with Crippen LogP contribution in [0.25, 0.3) is 0 Å². The molecule has 214 valence electrons. The largest absolute Gasteiger partial charge is 0.421 e. The maximum absolute atomic E-state index is 13.7. The van der Waals surface area contributed by atoms with Gasteiger partial charge >= 0.3 is 12.3 Å². The third-order valence-electron chi connectivity index (χ3n) is 7.75. The number of anilines is 4. The van der Waals surface area contributed by atoms with Crippen LogP contribution in [0.5, 0.6) is 0 Å². The van der Waals surface area contributed by atoms with Crippen LogP contribution in [0.2, 0.25) is 0 Å². The molecule has 4 heterocycles. The third-order valence-corrected chi connectivity index (χ3v) is 7.75. The first-order valence-corrected chi connectivity index (χ1v) is 13.6. The quantitative estimate of drug-likeness (QED) is 0.399. The lowest BCUT2D eigenvalue weighted by Crippen LogP contribution is -2.52. The van der Waals surface area contributed by atoms with Crippen LogP contribution in [0.1, 0.15) is 37.3 Å². The molecule has 3 aliphatic heterocycles. The lowest BCUT2D eigenvalue weighted by atomic mass is 10.1. The molecular formula is C28H34F3N7O2. The summed E-state index contributed by atoms with van der Waals surface area (Å²) in [6.45, 7) is 4.46. The highest BCUT2D eigenvalue weighted by Gasteiger charge is 2.38. The minimum atomic E-state index is -4.62. The van der Waals surface area contributed by atoms with Gasteiger partial charge in [0, 0.05) is 62.0 Å². The highest BCUT2D eigenvalue weighted by atomic mass is 19.4. The van der Waals surface area contributed by atoms with Gasteiger partial charge in [0.15, 0.2) is 0 Å². The number of piperazine rings is 1. The van der Waals surface area contributed by atoms with Crippen LogP contribution in [-0.4, -0.2) is 71.2 Å². The molecule has 0 spiro atoms. The molecule has 0 saturated carbocycles. The smallest absolute Gasteiger partial charge is 0.418 e. The van der Waals surface area contributed by atoms with Crippen LogP contribution in [0, 0.1) is 0 Å². The van der Waals surface area contributed by atoms with E-state index in [1.165, 1.54) is 24.0 Å². The molecule has 12 heteroatoms. The fourth-order valence-electron chi connectivity index (χ4n) is 5.47. The Morgan fingerprint density at radius 2 is 1.93 bits per heavy atom. The number of aromatic nitrogens is 2. The zero-order valence-corrected chi connectivity index (χ0v) is 22.6. The maximum atomic E-state index is 13.7. The molecule has 1 aromatic carbocycles. The van der Waals surface area contributed by atoms with Crippen molar-refractivity contribution < 1.29 is 22.7 Å². The van der Waals surface area contributed by atoms with E-state index < -0.39 is 17.8 Å². The molecule has 3 aliphatic rings. The Bertz CT molecular complexity index is 1270. The second-order valence-corrected chi connectivity index (χ2v) is 10.3. The minimum absolute atomic E-state index is 0.0701. The second-order valence-electron chi connectivity index (χ2n) is 10.3. The third kappa shape index (κ3) is 6.16. The zero-order chi connectivity index (χ0) is 28.3. The van der Waals surface area contributed by atoms with Gasteiger partial charge in [0.2, 0.25) is 5.95 Å². The average Bonchev–Trinajstić information content (AvgIpc) is 3.09. The van der Waals surface area contributed by atoms with Gasteiger partial charge in [0.05, 0.1) is 6.26 Å². The summed E-state index contributed by atoms with van der Waals surface area (Å²) in [6.07, 6.45) is 5.23. The van der Waals surface area contributed by atoms with Crippen molar-refractivity contribution in [1.82, 2.24) is 19.8 Å². The molecule has 2 bridgehead atoms. The van der Waals surface area contributed by atoms with Crippen LogP contribution >= 0.6 is 0 Å². The van der Waals surface area contributed by atoms with E-state index in [9.17, 15) is 18.0 Å². The molecule has 40 heavy (non-hydrogen) atoms. The van der Waals surface area contributed by atoms with Gasteiger partial charge in [-0.05, 0) is 68.6 Å². The van der Waals surface area contributed by atoms with Crippen molar-refractivity contribution in [2.75, 3.05) is 48.8 Å². The van der Waals surface area contributed by atoms with E-state index >= 15 is 0 Å². The first-order valence-electron chi connectivity index (χ1n) is 13.6. The molecule has 2 N–H and O–H groups in total. The Kier molecular flexibility index (Phi) is 8.15. The van der Waals surface area contributed by atoms with Gasteiger partial charge in [0.25, 0.3) is 0 Å². The fraction of sp³-hybridized carbons (Fsp3) is 0.464. The summed E-state index contributed by atoms with van der Waals surface area (Å²) < 4.78 is 46.0. The Hall–Kier alpha value is -3.80. The summed E-state index contributed by atoms with van der Waals surface area (Å²) in [5, 5.41) is 5.90. The molecule has 2 atom stereocenters. The molecule has 1 aromatic heterocycles. The van der Waals surface area contributed by atoms with E-state index in [4.69, 9.17) is 4.74 Å². The van der Waals surface area contributed by atoms with Gasteiger partial charge < -0.3 is 20.3 Å². The van der Waals surface area contributed by atoms with E-state index in [0.717, 1.165) is 42.6 Å². The summed E-state index contributed by atoms with van der Waals surface area (Å²) in [7, 11) is 2.21. The number of aryl methyl sites for hydroxylation is 1. The van der Waals surface area contributed by atoms with Crippen molar-refractivity contribution in [3.8, 4) is 0 Å². The van der Waals surface area contributed by atoms with Crippen LogP contribution in [0.4, 0.5) is 41.1 Å². The molecule has 9 nitrogen and oxygen atoms in total. The number of cyclic esters (lactones) is 1. The monoisotopic (exact) mass is 557 g/mol. The number of carbonyl (C=O) groups excluding carboxylic acids is 1. The number of carbonyl (C=O) groups is 1. The van der Waals surface area contributed by atoms with Gasteiger partial charge in [0.1, 0.15) is 11.4 Å². The Balaban J connectivity index is 1.27. The number of likely N-dealkylation sites (N-methyl/N-ethyl adjacent to an activating group) is 1. The van der Waals surface area contributed by atoms with Gasteiger partial charge in [-0.15, -0.1) is 0 Å². The number of rotatable bonds is 9. The highest BCUT2D eigenvalue weighted by Crippen LogP contribution is 2.35. The minimum Gasteiger partial charge on any atom is -0.418 e. The Morgan fingerprint density at radius 3 is 2.65 bits per heavy atom. The topological polar surface area (TPSA) is 85.9 Å². The van der Waals surface area contributed by atoms with E-state index in [2.05, 4.69) is 43.5 Å². The van der Waals surface area contributed by atoms with Gasteiger partial charge in [-0.25, -0.2) is 9.78 Å². The average molecular weight is 558 g/mol. The Morgan fingerprint density at radius 1 is 1.15 bits per heavy atom. The molecule has 2 aromatic rings. The van der Waals surface area contributed by atoms with Crippen molar-refractivity contribution >= 4 is 29.2 Å². The van der Waals surface area contributed by atoms with Crippen molar-refractivity contribution in [3.63, 3.8) is 0 Å². The summed E-state index contributed by atoms with van der Waals surface area (Å²) in [6, 6.07) is 7.28. The van der Waals surface area contributed by atoms with E-state index in [1.807, 2.05) is 19.1 Å². The predicted molar refractivity (Wildman–Crippen MR) is 147 cm³/mol. The SMILES string of the molecule is CCc1cc(N2C[C@H]3CC[C@@H](C2)N3C)ccc1Nc1ncc(C(F)(F)F)c(NCCCN2C=CC=COC2=O)n1. The molecule has 2 saturated heterocycles. The molecule has 0 aliphatic carbocycles. The van der Waals surface area contributed by atoms with Gasteiger partial charge in [-0.1, -0.05) is 6.92 Å². The van der Waals surface area contributed by atoms with Crippen LogP contribution < -0.4 is 15.5 Å².